The molecule has 5 heteroatoms. The largest absolute Gasteiger partial charge is 0.444 e. The molecule has 0 aromatic carbocycles. The second-order valence-electron chi connectivity index (χ2n) is 7.32. The second-order valence-corrected chi connectivity index (χ2v) is 7.32. The Hall–Kier alpha value is -1.62. The summed E-state index contributed by atoms with van der Waals surface area (Å²) in [5.41, 5.74) is 0.600. The monoisotopic (exact) mass is 319 g/mol. The van der Waals surface area contributed by atoms with Crippen molar-refractivity contribution in [3.8, 4) is 0 Å². The molecule has 0 spiro atoms. The first-order valence-corrected chi connectivity index (χ1v) is 8.49. The lowest BCUT2D eigenvalue weighted by Crippen LogP contribution is -2.41. The molecule has 0 bridgehead atoms. The number of nitrogens with one attached hydrogen (secondary N) is 2. The topological polar surface area (TPSA) is 63.2 Å². The van der Waals surface area contributed by atoms with Gasteiger partial charge in [0.1, 0.15) is 5.60 Å². The Bertz CT molecular complexity index is 499. The Morgan fingerprint density at radius 3 is 2.83 bits per heavy atom. The lowest BCUT2D eigenvalue weighted by molar-refractivity contribution is 0.0517. The molecule has 0 radical (unpaired) electrons. The molecule has 23 heavy (non-hydrogen) atoms. The van der Waals surface area contributed by atoms with Gasteiger partial charge in [0.15, 0.2) is 0 Å². The highest BCUT2D eigenvalue weighted by molar-refractivity contribution is 5.67. The molecular weight excluding hydrogens is 290 g/mol. The molecular formula is C18H29N3O2. The third-order valence-corrected chi connectivity index (χ3v) is 4.16. The highest BCUT2D eigenvalue weighted by Crippen LogP contribution is 2.27. The first-order chi connectivity index (χ1) is 10.8. The quantitative estimate of drug-likeness (QED) is 0.873. The summed E-state index contributed by atoms with van der Waals surface area (Å²) < 4.78 is 5.30. The van der Waals surface area contributed by atoms with Crippen molar-refractivity contribution < 1.29 is 9.53 Å². The average molecular weight is 319 g/mol. The molecule has 5 nitrogen and oxygen atoms in total. The molecule has 0 saturated heterocycles. The zero-order chi connectivity index (χ0) is 16.9. The van der Waals surface area contributed by atoms with Crippen molar-refractivity contribution in [1.29, 1.82) is 0 Å². The van der Waals surface area contributed by atoms with Crippen LogP contribution >= 0.6 is 0 Å². The molecule has 1 heterocycles. The Kier molecular flexibility index (Phi) is 5.99. The predicted octanol–water partition coefficient (Wildman–Crippen LogP) is 3.43. The van der Waals surface area contributed by atoms with Crippen molar-refractivity contribution in [3.05, 3.63) is 30.1 Å². The van der Waals surface area contributed by atoms with Crippen LogP contribution in [0.25, 0.3) is 0 Å². The van der Waals surface area contributed by atoms with Gasteiger partial charge >= 0.3 is 6.09 Å². The number of rotatable bonds is 5. The molecule has 128 valence electrons. The summed E-state index contributed by atoms with van der Waals surface area (Å²) in [5.74, 6) is 0.439. The maximum Gasteiger partial charge on any atom is 0.407 e. The standard InChI is InChI=1S/C18H29N3O2/c1-13(15-9-5-6-11-19-15)21-16-10-7-8-14(16)12-20-17(22)23-18(2,3)4/h5-6,9,11,13-14,16,21H,7-8,10,12H2,1-4H3,(H,20,22)/t13-,14?,16?/m0/s1. The van der Waals surface area contributed by atoms with E-state index in [1.54, 1.807) is 0 Å². The van der Waals surface area contributed by atoms with Crippen molar-refractivity contribution in [3.63, 3.8) is 0 Å². The van der Waals surface area contributed by atoms with Crippen LogP contribution < -0.4 is 10.6 Å². The number of aromatic nitrogens is 1. The molecule has 1 aliphatic carbocycles. The third kappa shape index (κ3) is 5.82. The van der Waals surface area contributed by atoms with Crippen LogP contribution in [0.1, 0.15) is 58.7 Å². The fraction of sp³-hybridized carbons (Fsp3) is 0.667. The number of carbonyl (C=O) groups excluding carboxylic acids is 1. The van der Waals surface area contributed by atoms with E-state index in [1.165, 1.54) is 6.42 Å². The minimum Gasteiger partial charge on any atom is -0.444 e. The normalized spacial score (nSPS) is 22.6. The van der Waals surface area contributed by atoms with Gasteiger partial charge in [-0.15, -0.1) is 0 Å². The van der Waals surface area contributed by atoms with Gasteiger partial charge in [0.25, 0.3) is 0 Å². The average Bonchev–Trinajstić information content (AvgIpc) is 2.91. The van der Waals surface area contributed by atoms with Crippen molar-refractivity contribution in [2.45, 2.75) is 64.6 Å². The van der Waals surface area contributed by atoms with Gasteiger partial charge in [-0.25, -0.2) is 4.79 Å². The molecule has 2 unspecified atom stereocenters. The van der Waals surface area contributed by atoms with E-state index in [0.29, 0.717) is 18.5 Å². The number of carbonyl (C=O) groups is 1. The van der Waals surface area contributed by atoms with Gasteiger partial charge in [-0.1, -0.05) is 12.5 Å². The number of hydrogen-bond acceptors (Lipinski definition) is 4. The Morgan fingerprint density at radius 2 is 2.17 bits per heavy atom. The van der Waals surface area contributed by atoms with Gasteiger partial charge in [-0.2, -0.15) is 0 Å². The van der Waals surface area contributed by atoms with E-state index in [2.05, 4.69) is 22.5 Å². The summed E-state index contributed by atoms with van der Waals surface area (Å²) in [4.78, 5) is 16.2. The van der Waals surface area contributed by atoms with Crippen LogP contribution in [-0.2, 0) is 4.74 Å². The molecule has 2 N–H and O–H groups in total. The zero-order valence-corrected chi connectivity index (χ0v) is 14.6. The van der Waals surface area contributed by atoms with Crippen molar-refractivity contribution in [2.75, 3.05) is 6.54 Å². The van der Waals surface area contributed by atoms with Gasteiger partial charge in [0, 0.05) is 24.8 Å². The van der Waals surface area contributed by atoms with E-state index in [1.807, 2.05) is 45.2 Å². The smallest absolute Gasteiger partial charge is 0.407 e. The van der Waals surface area contributed by atoms with E-state index < -0.39 is 5.60 Å². The molecule has 0 aliphatic heterocycles. The van der Waals surface area contributed by atoms with Crippen LogP contribution in [0, 0.1) is 5.92 Å². The van der Waals surface area contributed by atoms with Crippen LogP contribution in [0.4, 0.5) is 4.79 Å². The van der Waals surface area contributed by atoms with Crippen LogP contribution in [0.5, 0.6) is 0 Å². The van der Waals surface area contributed by atoms with E-state index in [0.717, 1.165) is 18.5 Å². The number of amides is 1. The predicted molar refractivity (Wildman–Crippen MR) is 91.2 cm³/mol. The van der Waals surface area contributed by atoms with E-state index in [9.17, 15) is 4.79 Å². The number of ether oxygens (including phenoxy) is 1. The number of alkyl carbamates (subject to hydrolysis) is 1. The molecule has 1 aromatic rings. The Balaban J connectivity index is 1.82. The number of hydrogen-bond donors (Lipinski definition) is 2. The summed E-state index contributed by atoms with van der Waals surface area (Å²) in [6, 6.07) is 6.60. The molecule has 1 aromatic heterocycles. The number of pyridine rings is 1. The minimum absolute atomic E-state index is 0.211. The maximum absolute atomic E-state index is 11.8. The second kappa shape index (κ2) is 7.77. The molecule has 1 saturated carbocycles. The van der Waals surface area contributed by atoms with Crippen LogP contribution in [-0.4, -0.2) is 29.3 Å². The van der Waals surface area contributed by atoms with Gasteiger partial charge in [0.2, 0.25) is 0 Å². The summed E-state index contributed by atoms with van der Waals surface area (Å²) in [6.07, 6.45) is 4.94. The SMILES string of the molecule is C[C@H](NC1CCCC1CNC(=O)OC(C)(C)C)c1ccccn1. The number of nitrogens with zero attached hydrogens (tertiary/aromatic N) is 1. The third-order valence-electron chi connectivity index (χ3n) is 4.16. The molecule has 1 fully saturated rings. The van der Waals surface area contributed by atoms with Crippen molar-refractivity contribution in [1.82, 2.24) is 15.6 Å². The fourth-order valence-corrected chi connectivity index (χ4v) is 3.07. The summed E-state index contributed by atoms with van der Waals surface area (Å²) >= 11 is 0. The summed E-state index contributed by atoms with van der Waals surface area (Å²) in [6.45, 7) is 8.42. The fourth-order valence-electron chi connectivity index (χ4n) is 3.07. The first-order valence-electron chi connectivity index (χ1n) is 8.49. The zero-order valence-electron chi connectivity index (χ0n) is 14.6. The maximum atomic E-state index is 11.8. The lowest BCUT2D eigenvalue weighted by atomic mass is 10.0. The molecule has 2 rings (SSSR count). The van der Waals surface area contributed by atoms with Crippen LogP contribution in [0.2, 0.25) is 0 Å². The Morgan fingerprint density at radius 1 is 1.39 bits per heavy atom. The van der Waals surface area contributed by atoms with Crippen LogP contribution in [0.15, 0.2) is 24.4 Å². The molecule has 1 amide bonds. The van der Waals surface area contributed by atoms with Crippen molar-refractivity contribution in [2.24, 2.45) is 5.92 Å². The van der Waals surface area contributed by atoms with E-state index in [4.69, 9.17) is 4.74 Å². The van der Waals surface area contributed by atoms with E-state index in [-0.39, 0.29) is 12.1 Å². The van der Waals surface area contributed by atoms with Gasteiger partial charge in [-0.3, -0.25) is 4.98 Å². The van der Waals surface area contributed by atoms with E-state index >= 15 is 0 Å². The van der Waals surface area contributed by atoms with Crippen LogP contribution in [0.3, 0.4) is 0 Å². The Labute approximate surface area is 139 Å². The first kappa shape index (κ1) is 17.7. The van der Waals surface area contributed by atoms with Gasteiger partial charge in [0.05, 0.1) is 5.69 Å². The van der Waals surface area contributed by atoms with Crippen molar-refractivity contribution >= 4 is 6.09 Å². The highest BCUT2D eigenvalue weighted by Gasteiger charge is 2.29. The highest BCUT2D eigenvalue weighted by atomic mass is 16.6. The molecule has 3 atom stereocenters. The van der Waals surface area contributed by atoms with Gasteiger partial charge in [-0.05, 0) is 58.6 Å². The minimum atomic E-state index is -0.453. The summed E-state index contributed by atoms with van der Waals surface area (Å²) in [7, 11) is 0. The summed E-state index contributed by atoms with van der Waals surface area (Å²) in [5, 5.41) is 6.57. The lowest BCUT2D eigenvalue weighted by Gasteiger charge is -2.26. The molecule has 1 aliphatic rings. The van der Waals surface area contributed by atoms with Gasteiger partial charge < -0.3 is 15.4 Å².